The summed E-state index contributed by atoms with van der Waals surface area (Å²) in [5, 5.41) is 0. The lowest BCUT2D eigenvalue weighted by molar-refractivity contribution is 0.0535. The molecule has 0 atom stereocenters. The SMILES string of the molecule is O=C1OCc2ccccc21.c1ccc2nsnc2c1. The van der Waals surface area contributed by atoms with E-state index < -0.39 is 0 Å². The predicted molar refractivity (Wildman–Crippen MR) is 73.0 cm³/mol. The van der Waals surface area contributed by atoms with Gasteiger partial charge >= 0.3 is 5.97 Å². The van der Waals surface area contributed by atoms with Crippen LogP contribution in [-0.4, -0.2) is 14.7 Å². The van der Waals surface area contributed by atoms with Crippen molar-refractivity contribution in [1.29, 1.82) is 0 Å². The van der Waals surface area contributed by atoms with E-state index in [2.05, 4.69) is 8.75 Å². The van der Waals surface area contributed by atoms with E-state index >= 15 is 0 Å². The van der Waals surface area contributed by atoms with Gasteiger partial charge in [-0.05, 0) is 18.2 Å². The minimum Gasteiger partial charge on any atom is -0.457 e. The average molecular weight is 270 g/mol. The topological polar surface area (TPSA) is 52.1 Å². The van der Waals surface area contributed by atoms with Crippen molar-refractivity contribution in [2.45, 2.75) is 6.61 Å². The molecule has 0 spiro atoms. The van der Waals surface area contributed by atoms with Crippen LogP contribution >= 0.6 is 11.7 Å². The maximum absolute atomic E-state index is 10.8. The molecule has 0 unspecified atom stereocenters. The second-order valence-electron chi connectivity index (χ2n) is 3.99. The largest absolute Gasteiger partial charge is 0.457 e. The third-order valence-electron chi connectivity index (χ3n) is 2.76. The maximum atomic E-state index is 10.8. The molecule has 3 aromatic rings. The summed E-state index contributed by atoms with van der Waals surface area (Å²) in [7, 11) is 0. The Morgan fingerprint density at radius 1 is 0.947 bits per heavy atom. The van der Waals surface area contributed by atoms with Crippen LogP contribution in [0.2, 0.25) is 0 Å². The number of hydrogen-bond donors (Lipinski definition) is 0. The van der Waals surface area contributed by atoms with Gasteiger partial charge in [0.15, 0.2) is 0 Å². The smallest absolute Gasteiger partial charge is 0.338 e. The number of rotatable bonds is 0. The minimum atomic E-state index is -0.199. The first-order valence-corrected chi connectivity index (χ1v) is 6.50. The molecule has 1 aromatic heterocycles. The van der Waals surface area contributed by atoms with Crippen LogP contribution in [0.1, 0.15) is 15.9 Å². The monoisotopic (exact) mass is 270 g/mol. The van der Waals surface area contributed by atoms with Gasteiger partial charge in [0, 0.05) is 5.56 Å². The Morgan fingerprint density at radius 3 is 2.26 bits per heavy atom. The van der Waals surface area contributed by atoms with E-state index in [-0.39, 0.29) is 5.97 Å². The number of carbonyl (C=O) groups excluding carboxylic acids is 1. The van der Waals surface area contributed by atoms with Gasteiger partial charge in [0.1, 0.15) is 17.6 Å². The standard InChI is InChI=1S/C8H6O2.C6H4N2S/c9-8-7-4-2-1-3-6(7)5-10-8;1-2-4-6-5(3-1)7-9-8-6/h1-4H,5H2;1-4H. The highest BCUT2D eigenvalue weighted by Crippen LogP contribution is 2.18. The van der Waals surface area contributed by atoms with Crippen molar-refractivity contribution in [3.05, 3.63) is 59.7 Å². The molecule has 2 heterocycles. The van der Waals surface area contributed by atoms with E-state index in [4.69, 9.17) is 4.74 Å². The summed E-state index contributed by atoms with van der Waals surface area (Å²) in [6.45, 7) is 0.439. The van der Waals surface area contributed by atoms with Crippen LogP contribution in [0.3, 0.4) is 0 Å². The molecule has 4 nitrogen and oxygen atoms in total. The fraction of sp³-hybridized carbons (Fsp3) is 0.0714. The fourth-order valence-electron chi connectivity index (χ4n) is 1.79. The molecule has 4 rings (SSSR count). The molecular weight excluding hydrogens is 260 g/mol. The number of nitrogens with zero attached hydrogens (tertiary/aromatic N) is 2. The molecule has 0 amide bonds. The van der Waals surface area contributed by atoms with Gasteiger partial charge < -0.3 is 4.74 Å². The van der Waals surface area contributed by atoms with Gasteiger partial charge in [-0.15, -0.1) is 0 Å². The Labute approximate surface area is 114 Å². The summed E-state index contributed by atoms with van der Waals surface area (Å²) in [6, 6.07) is 15.3. The second kappa shape index (κ2) is 5.16. The average Bonchev–Trinajstić information content (AvgIpc) is 3.07. The van der Waals surface area contributed by atoms with Crippen molar-refractivity contribution < 1.29 is 9.53 Å². The van der Waals surface area contributed by atoms with Crippen LogP contribution in [0.4, 0.5) is 0 Å². The third kappa shape index (κ3) is 2.46. The third-order valence-corrected chi connectivity index (χ3v) is 3.31. The summed E-state index contributed by atoms with van der Waals surface area (Å²) in [5.41, 5.74) is 3.68. The molecular formula is C14H10N2O2S. The molecule has 0 saturated heterocycles. The normalized spacial score (nSPS) is 12.5. The lowest BCUT2D eigenvalue weighted by atomic mass is 10.1. The molecule has 5 heteroatoms. The van der Waals surface area contributed by atoms with E-state index in [9.17, 15) is 4.79 Å². The van der Waals surface area contributed by atoms with E-state index in [0.29, 0.717) is 12.2 Å². The summed E-state index contributed by atoms with van der Waals surface area (Å²) < 4.78 is 12.9. The van der Waals surface area contributed by atoms with E-state index in [1.807, 2.05) is 42.5 Å². The highest BCUT2D eigenvalue weighted by atomic mass is 32.1. The number of esters is 1. The molecule has 0 bridgehead atoms. The van der Waals surface area contributed by atoms with Crippen molar-refractivity contribution >= 4 is 28.7 Å². The van der Waals surface area contributed by atoms with E-state index in [1.54, 1.807) is 6.07 Å². The summed E-state index contributed by atoms with van der Waals surface area (Å²) in [6.07, 6.45) is 0. The first kappa shape index (κ1) is 11.8. The Hall–Kier alpha value is -2.27. The number of benzene rings is 2. The highest BCUT2D eigenvalue weighted by Gasteiger charge is 2.18. The molecule has 0 aliphatic carbocycles. The molecule has 1 aliphatic rings. The van der Waals surface area contributed by atoms with Crippen molar-refractivity contribution in [3.63, 3.8) is 0 Å². The zero-order valence-electron chi connectivity index (χ0n) is 9.95. The molecule has 1 aliphatic heterocycles. The van der Waals surface area contributed by atoms with Crippen molar-refractivity contribution in [3.8, 4) is 0 Å². The number of ether oxygens (including phenoxy) is 1. The molecule has 94 valence electrons. The Balaban J connectivity index is 0.000000117. The summed E-state index contributed by atoms with van der Waals surface area (Å²) in [5.74, 6) is -0.199. The fourth-order valence-corrected chi connectivity index (χ4v) is 2.32. The van der Waals surface area contributed by atoms with Crippen LogP contribution in [0.25, 0.3) is 11.0 Å². The minimum absolute atomic E-state index is 0.199. The van der Waals surface area contributed by atoms with Crippen molar-refractivity contribution in [2.24, 2.45) is 0 Å². The lowest BCUT2D eigenvalue weighted by Crippen LogP contribution is -1.91. The highest BCUT2D eigenvalue weighted by molar-refractivity contribution is 7.00. The van der Waals surface area contributed by atoms with Gasteiger partial charge in [-0.25, -0.2) is 4.79 Å². The van der Waals surface area contributed by atoms with Gasteiger partial charge in [0.2, 0.25) is 0 Å². The van der Waals surface area contributed by atoms with Crippen molar-refractivity contribution in [2.75, 3.05) is 0 Å². The predicted octanol–water partition coefficient (Wildman–Crippen LogP) is 3.05. The van der Waals surface area contributed by atoms with Crippen LogP contribution in [0, 0.1) is 0 Å². The van der Waals surface area contributed by atoms with E-state index in [0.717, 1.165) is 16.6 Å². The first-order chi connectivity index (χ1) is 9.34. The molecule has 2 aromatic carbocycles. The van der Waals surface area contributed by atoms with Crippen LogP contribution in [0.15, 0.2) is 48.5 Å². The molecule has 0 N–H and O–H groups in total. The Kier molecular flexibility index (Phi) is 3.20. The Morgan fingerprint density at radius 2 is 1.58 bits per heavy atom. The number of cyclic esters (lactones) is 1. The van der Waals surface area contributed by atoms with Crippen LogP contribution in [-0.2, 0) is 11.3 Å². The quantitative estimate of drug-likeness (QED) is 0.589. The first-order valence-electron chi connectivity index (χ1n) is 5.77. The van der Waals surface area contributed by atoms with Gasteiger partial charge in [0.05, 0.1) is 17.3 Å². The van der Waals surface area contributed by atoms with Gasteiger partial charge in [-0.2, -0.15) is 8.75 Å². The molecule has 0 saturated carbocycles. The van der Waals surface area contributed by atoms with Crippen molar-refractivity contribution in [1.82, 2.24) is 8.75 Å². The molecule has 19 heavy (non-hydrogen) atoms. The molecule has 0 radical (unpaired) electrons. The summed E-state index contributed by atoms with van der Waals surface area (Å²) >= 11 is 1.25. The number of hydrogen-bond acceptors (Lipinski definition) is 5. The van der Waals surface area contributed by atoms with Gasteiger partial charge in [-0.3, -0.25) is 0 Å². The van der Waals surface area contributed by atoms with Gasteiger partial charge in [0.25, 0.3) is 0 Å². The molecule has 0 fully saturated rings. The summed E-state index contributed by atoms with van der Waals surface area (Å²) in [4.78, 5) is 10.8. The zero-order valence-corrected chi connectivity index (χ0v) is 10.8. The van der Waals surface area contributed by atoms with E-state index in [1.165, 1.54) is 11.7 Å². The Bertz CT molecular complexity index is 694. The maximum Gasteiger partial charge on any atom is 0.338 e. The zero-order chi connectivity index (χ0) is 13.1. The second-order valence-corrected chi connectivity index (χ2v) is 4.51. The van der Waals surface area contributed by atoms with Crippen LogP contribution < -0.4 is 0 Å². The lowest BCUT2D eigenvalue weighted by Gasteiger charge is -1.87. The number of carbonyl (C=O) groups is 1. The number of aromatic nitrogens is 2. The van der Waals surface area contributed by atoms with Crippen LogP contribution in [0.5, 0.6) is 0 Å². The number of fused-ring (bicyclic) bond motifs is 2. The van der Waals surface area contributed by atoms with Gasteiger partial charge in [-0.1, -0.05) is 30.3 Å².